The summed E-state index contributed by atoms with van der Waals surface area (Å²) in [4.78, 5) is 10.5. The van der Waals surface area contributed by atoms with Gasteiger partial charge >= 0.3 is 0 Å². The molecule has 0 saturated heterocycles. The number of rotatable bonds is 5. The minimum absolute atomic E-state index is 0.617. The van der Waals surface area contributed by atoms with Gasteiger partial charge in [0.25, 0.3) is 0 Å². The molecule has 8 aromatic carbocycles. The van der Waals surface area contributed by atoms with E-state index in [4.69, 9.17) is 18.8 Å². The minimum atomic E-state index is 0.617. The van der Waals surface area contributed by atoms with Gasteiger partial charge in [0.1, 0.15) is 28.0 Å². The van der Waals surface area contributed by atoms with E-state index in [-0.39, 0.29) is 0 Å². The Kier molecular flexibility index (Phi) is 6.86. The molecule has 4 heterocycles. The van der Waals surface area contributed by atoms with Gasteiger partial charge < -0.3 is 13.4 Å². The predicted octanol–water partition coefficient (Wildman–Crippen LogP) is 14.0. The highest BCUT2D eigenvalue weighted by atomic mass is 16.3. The zero-order valence-electron chi connectivity index (χ0n) is 30.6. The van der Waals surface area contributed by atoms with Gasteiger partial charge in [-0.15, -0.1) is 0 Å². The third kappa shape index (κ3) is 4.96. The van der Waals surface area contributed by atoms with Crippen LogP contribution >= 0.6 is 0 Å². The topological polar surface area (TPSA) is 57.0 Å². The molecule has 0 amide bonds. The monoisotopic (exact) mass is 729 g/mol. The largest absolute Gasteiger partial charge is 0.456 e. The van der Waals surface area contributed by atoms with Crippen LogP contribution in [0.25, 0.3) is 116 Å². The molecule has 0 aliphatic heterocycles. The van der Waals surface area contributed by atoms with Crippen molar-refractivity contribution in [1.82, 2.24) is 14.5 Å². The Morgan fingerprint density at radius 1 is 0.386 bits per heavy atom. The summed E-state index contributed by atoms with van der Waals surface area (Å²) in [5.41, 5.74) is 14.4. The minimum Gasteiger partial charge on any atom is -0.456 e. The van der Waals surface area contributed by atoms with E-state index in [0.29, 0.717) is 11.4 Å². The number of aromatic nitrogens is 3. The van der Waals surface area contributed by atoms with Gasteiger partial charge in [0.05, 0.1) is 11.0 Å². The van der Waals surface area contributed by atoms with E-state index in [2.05, 4.69) is 150 Å². The highest BCUT2D eigenvalue weighted by Gasteiger charge is 2.22. The van der Waals surface area contributed by atoms with Gasteiger partial charge in [-0.05, 0) is 82.9 Å². The molecule has 0 radical (unpaired) electrons. The third-order valence-corrected chi connectivity index (χ3v) is 11.2. The number of benzene rings is 8. The Hall–Kier alpha value is -7.76. The molecule has 0 saturated carbocycles. The van der Waals surface area contributed by atoms with Crippen molar-refractivity contribution in [1.29, 1.82) is 0 Å². The van der Waals surface area contributed by atoms with Crippen LogP contribution in [0, 0.1) is 0 Å². The molecule has 12 aromatic rings. The standard InChI is InChI=1S/C52H31N3O2/c1-4-13-32(14-5-1)34-25-28-45-42(30-34)50-51(57-45)49(33-15-6-2-7-16-33)53-52(54-50)40-20-12-22-46-48(40)39-26-23-36(31-47(39)56-46)35-24-27-44-41(29-35)38-19-10-11-21-43(38)55(44)37-17-8-3-9-18-37/h1-31H. The van der Waals surface area contributed by atoms with E-state index in [9.17, 15) is 0 Å². The highest BCUT2D eigenvalue weighted by Crippen LogP contribution is 2.42. The van der Waals surface area contributed by atoms with Crippen LogP contribution in [0.4, 0.5) is 0 Å². The van der Waals surface area contributed by atoms with Gasteiger partial charge in [0.2, 0.25) is 0 Å². The second kappa shape index (κ2) is 12.4. The first-order chi connectivity index (χ1) is 28.2. The fraction of sp³-hybridized carbons (Fsp3) is 0. The van der Waals surface area contributed by atoms with Crippen LogP contribution in [-0.2, 0) is 0 Å². The van der Waals surface area contributed by atoms with Gasteiger partial charge in [-0.1, -0.05) is 127 Å². The van der Waals surface area contributed by atoms with Crippen LogP contribution < -0.4 is 0 Å². The lowest BCUT2D eigenvalue weighted by molar-refractivity contribution is 0.667. The smallest absolute Gasteiger partial charge is 0.180 e. The zero-order chi connectivity index (χ0) is 37.5. The van der Waals surface area contributed by atoms with Gasteiger partial charge in [-0.2, -0.15) is 0 Å². The van der Waals surface area contributed by atoms with Crippen LogP contribution in [0.3, 0.4) is 0 Å². The first-order valence-electron chi connectivity index (χ1n) is 19.1. The summed E-state index contributed by atoms with van der Waals surface area (Å²) in [6, 6.07) is 65.5. The number of para-hydroxylation sites is 2. The number of furan rings is 2. The van der Waals surface area contributed by atoms with E-state index < -0.39 is 0 Å². The van der Waals surface area contributed by atoms with Crippen molar-refractivity contribution in [2.24, 2.45) is 0 Å². The highest BCUT2D eigenvalue weighted by molar-refractivity contribution is 6.15. The summed E-state index contributed by atoms with van der Waals surface area (Å²) in [6.45, 7) is 0. The molecular formula is C52H31N3O2. The molecule has 0 aliphatic rings. The fourth-order valence-corrected chi connectivity index (χ4v) is 8.57. The lowest BCUT2D eigenvalue weighted by atomic mass is 10.00. The lowest BCUT2D eigenvalue weighted by Gasteiger charge is -2.08. The molecular weight excluding hydrogens is 699 g/mol. The van der Waals surface area contributed by atoms with Crippen molar-refractivity contribution < 1.29 is 8.83 Å². The lowest BCUT2D eigenvalue weighted by Crippen LogP contribution is -1.94. The van der Waals surface area contributed by atoms with Crippen molar-refractivity contribution >= 4 is 65.8 Å². The molecule has 4 aromatic heterocycles. The summed E-state index contributed by atoms with van der Waals surface area (Å²) < 4.78 is 15.5. The molecule has 12 rings (SSSR count). The Labute approximate surface area is 326 Å². The summed E-state index contributed by atoms with van der Waals surface area (Å²) in [5.74, 6) is 0.617. The molecule has 0 aliphatic carbocycles. The van der Waals surface area contributed by atoms with Crippen LogP contribution in [-0.4, -0.2) is 14.5 Å². The van der Waals surface area contributed by atoms with Crippen LogP contribution in [0.15, 0.2) is 197 Å². The maximum atomic E-state index is 6.64. The molecule has 0 N–H and O–H groups in total. The molecule has 0 fully saturated rings. The number of nitrogens with zero attached hydrogens (tertiary/aromatic N) is 3. The quantitative estimate of drug-likeness (QED) is 0.177. The Bertz CT molecular complexity index is 3510. The van der Waals surface area contributed by atoms with E-state index in [1.807, 2.05) is 42.5 Å². The van der Waals surface area contributed by atoms with E-state index >= 15 is 0 Å². The molecule has 0 spiro atoms. The maximum absolute atomic E-state index is 6.64. The van der Waals surface area contributed by atoms with Crippen LogP contribution in [0.1, 0.15) is 0 Å². The number of fused-ring (bicyclic) bond motifs is 9. The molecule has 5 nitrogen and oxygen atoms in total. The van der Waals surface area contributed by atoms with Crippen LogP contribution in [0.2, 0.25) is 0 Å². The maximum Gasteiger partial charge on any atom is 0.180 e. The van der Waals surface area contributed by atoms with Gasteiger partial charge in [0, 0.05) is 43.7 Å². The Morgan fingerprint density at radius 3 is 1.89 bits per heavy atom. The number of hydrogen-bond donors (Lipinski definition) is 0. The summed E-state index contributed by atoms with van der Waals surface area (Å²) in [6.07, 6.45) is 0. The van der Waals surface area contributed by atoms with E-state index in [0.717, 1.165) is 83.2 Å². The van der Waals surface area contributed by atoms with Crippen molar-refractivity contribution in [3.8, 4) is 50.6 Å². The van der Waals surface area contributed by atoms with Crippen molar-refractivity contribution in [2.45, 2.75) is 0 Å². The SMILES string of the molecule is c1ccc(-c2ccc3oc4c(-c5ccccc5)nc(-c5cccc6oc7cc(-c8ccc9c(c8)c8ccccc8n9-c8ccccc8)ccc7c56)nc4c3c2)cc1. The molecule has 0 unspecified atom stereocenters. The Morgan fingerprint density at radius 2 is 1.05 bits per heavy atom. The van der Waals surface area contributed by atoms with Crippen molar-refractivity contribution in [2.75, 3.05) is 0 Å². The molecule has 0 bridgehead atoms. The molecule has 0 atom stereocenters. The first-order valence-corrected chi connectivity index (χ1v) is 19.1. The predicted molar refractivity (Wildman–Crippen MR) is 233 cm³/mol. The average Bonchev–Trinajstić information content (AvgIpc) is 3.95. The van der Waals surface area contributed by atoms with E-state index in [1.54, 1.807) is 0 Å². The van der Waals surface area contributed by atoms with Crippen molar-refractivity contribution in [3.63, 3.8) is 0 Å². The summed E-state index contributed by atoms with van der Waals surface area (Å²) >= 11 is 0. The number of hydrogen-bond acceptors (Lipinski definition) is 4. The fourth-order valence-electron chi connectivity index (χ4n) is 8.57. The summed E-state index contributed by atoms with van der Waals surface area (Å²) in [5, 5.41) is 5.38. The average molecular weight is 730 g/mol. The molecule has 57 heavy (non-hydrogen) atoms. The summed E-state index contributed by atoms with van der Waals surface area (Å²) in [7, 11) is 0. The van der Waals surface area contributed by atoms with Gasteiger partial charge in [-0.25, -0.2) is 9.97 Å². The second-order valence-electron chi connectivity index (χ2n) is 14.5. The zero-order valence-corrected chi connectivity index (χ0v) is 30.6. The van der Waals surface area contributed by atoms with Crippen LogP contribution in [0.5, 0.6) is 0 Å². The second-order valence-corrected chi connectivity index (χ2v) is 14.5. The molecule has 266 valence electrons. The third-order valence-electron chi connectivity index (χ3n) is 11.2. The Balaban J connectivity index is 1.03. The first kappa shape index (κ1) is 31.6. The molecule has 5 heteroatoms. The van der Waals surface area contributed by atoms with Gasteiger partial charge in [-0.3, -0.25) is 0 Å². The normalized spacial score (nSPS) is 11.9. The van der Waals surface area contributed by atoms with Crippen molar-refractivity contribution in [3.05, 3.63) is 188 Å². The van der Waals surface area contributed by atoms with Gasteiger partial charge in [0.15, 0.2) is 11.4 Å². The van der Waals surface area contributed by atoms with E-state index in [1.165, 1.54) is 21.8 Å².